The number of carbonyl (C=O) groups excluding carboxylic acids is 1. The summed E-state index contributed by atoms with van der Waals surface area (Å²) in [6.45, 7) is 2.84. The molecule has 0 atom stereocenters. The van der Waals surface area contributed by atoms with Gasteiger partial charge in [-0.1, -0.05) is 6.92 Å². The van der Waals surface area contributed by atoms with Gasteiger partial charge < -0.3 is 20.1 Å². The highest BCUT2D eigenvalue weighted by Gasteiger charge is 2.11. The Morgan fingerprint density at radius 2 is 1.91 bits per heavy atom. The van der Waals surface area contributed by atoms with Gasteiger partial charge in [0.1, 0.15) is 11.5 Å². The summed E-state index contributed by atoms with van der Waals surface area (Å²) in [5.41, 5.74) is 0.913. The molecule has 1 amide bonds. The van der Waals surface area contributed by atoms with E-state index in [1.165, 1.54) is 19.5 Å². The molecule has 1 aromatic heterocycles. The van der Waals surface area contributed by atoms with Gasteiger partial charge in [0.25, 0.3) is 5.91 Å². The number of nitrogens with zero attached hydrogens (tertiary/aromatic N) is 2. The van der Waals surface area contributed by atoms with Gasteiger partial charge in [-0.05, 0) is 18.6 Å². The second kappa shape index (κ2) is 7.98. The molecule has 0 saturated carbocycles. The predicted molar refractivity (Wildman–Crippen MR) is 88.3 cm³/mol. The minimum Gasteiger partial charge on any atom is -0.497 e. The van der Waals surface area contributed by atoms with Crippen LogP contribution in [0.15, 0.2) is 30.6 Å². The Kier molecular flexibility index (Phi) is 5.74. The third-order valence-electron chi connectivity index (χ3n) is 3.10. The van der Waals surface area contributed by atoms with Gasteiger partial charge in [0.15, 0.2) is 0 Å². The van der Waals surface area contributed by atoms with Crippen molar-refractivity contribution in [3.8, 4) is 11.5 Å². The fraction of sp³-hybridized carbons (Fsp3) is 0.312. The molecule has 122 valence electrons. The van der Waals surface area contributed by atoms with E-state index in [1.807, 2.05) is 0 Å². The summed E-state index contributed by atoms with van der Waals surface area (Å²) < 4.78 is 10.4. The van der Waals surface area contributed by atoms with Crippen molar-refractivity contribution in [2.24, 2.45) is 0 Å². The monoisotopic (exact) mass is 316 g/mol. The van der Waals surface area contributed by atoms with E-state index in [2.05, 4.69) is 27.5 Å². The number of hydrogen-bond donors (Lipinski definition) is 2. The van der Waals surface area contributed by atoms with Gasteiger partial charge in [-0.3, -0.25) is 4.79 Å². The zero-order chi connectivity index (χ0) is 16.7. The van der Waals surface area contributed by atoms with Crippen molar-refractivity contribution in [3.05, 3.63) is 36.2 Å². The normalized spacial score (nSPS) is 10.0. The van der Waals surface area contributed by atoms with E-state index in [1.54, 1.807) is 25.3 Å². The molecule has 0 aliphatic heterocycles. The Morgan fingerprint density at radius 1 is 1.17 bits per heavy atom. The fourth-order valence-corrected chi connectivity index (χ4v) is 1.87. The quantitative estimate of drug-likeness (QED) is 0.816. The maximum atomic E-state index is 12.3. The summed E-state index contributed by atoms with van der Waals surface area (Å²) in [7, 11) is 3.10. The molecule has 0 bridgehead atoms. The number of anilines is 2. The summed E-state index contributed by atoms with van der Waals surface area (Å²) in [5.74, 6) is 1.36. The smallest absolute Gasteiger partial charge is 0.258 e. The molecule has 2 N–H and O–H groups in total. The molecule has 2 rings (SSSR count). The maximum absolute atomic E-state index is 12.3. The minimum atomic E-state index is -0.310. The van der Waals surface area contributed by atoms with Crippen LogP contribution in [0.4, 0.5) is 11.6 Å². The van der Waals surface area contributed by atoms with E-state index in [9.17, 15) is 4.79 Å². The van der Waals surface area contributed by atoms with E-state index in [-0.39, 0.29) is 5.91 Å². The summed E-state index contributed by atoms with van der Waals surface area (Å²) in [5, 5.41) is 5.83. The van der Waals surface area contributed by atoms with Crippen molar-refractivity contribution in [3.63, 3.8) is 0 Å². The Bertz CT molecular complexity index is 659. The van der Waals surface area contributed by atoms with Crippen LogP contribution >= 0.6 is 0 Å². The van der Waals surface area contributed by atoms with E-state index in [0.717, 1.165) is 13.0 Å². The van der Waals surface area contributed by atoms with Gasteiger partial charge in [-0.25, -0.2) is 9.97 Å². The molecule has 0 aliphatic carbocycles. The summed E-state index contributed by atoms with van der Waals surface area (Å²) in [4.78, 5) is 20.5. The Morgan fingerprint density at radius 3 is 2.52 bits per heavy atom. The van der Waals surface area contributed by atoms with Crippen molar-refractivity contribution in [2.45, 2.75) is 13.3 Å². The number of hydrogen-bond acceptors (Lipinski definition) is 6. The van der Waals surface area contributed by atoms with Gasteiger partial charge in [0.2, 0.25) is 5.95 Å². The number of amides is 1. The third kappa shape index (κ3) is 4.32. The van der Waals surface area contributed by atoms with Crippen LogP contribution in [0, 0.1) is 0 Å². The molecule has 0 fully saturated rings. The van der Waals surface area contributed by atoms with Crippen LogP contribution in [0.3, 0.4) is 0 Å². The molecule has 0 saturated heterocycles. The van der Waals surface area contributed by atoms with E-state index < -0.39 is 0 Å². The highest BCUT2D eigenvalue weighted by atomic mass is 16.5. The van der Waals surface area contributed by atoms with Crippen molar-refractivity contribution in [1.29, 1.82) is 0 Å². The highest BCUT2D eigenvalue weighted by Crippen LogP contribution is 2.29. The molecule has 7 nitrogen and oxygen atoms in total. The van der Waals surface area contributed by atoms with Gasteiger partial charge in [0, 0.05) is 25.0 Å². The van der Waals surface area contributed by atoms with E-state index in [0.29, 0.717) is 28.7 Å². The Balaban J connectivity index is 2.09. The van der Waals surface area contributed by atoms with Crippen LogP contribution < -0.4 is 20.1 Å². The predicted octanol–water partition coefficient (Wildman–Crippen LogP) is 2.57. The van der Waals surface area contributed by atoms with Crippen LogP contribution in [0.5, 0.6) is 11.5 Å². The lowest BCUT2D eigenvalue weighted by molar-refractivity contribution is 0.102. The number of ether oxygens (including phenoxy) is 2. The maximum Gasteiger partial charge on any atom is 0.258 e. The number of carbonyl (C=O) groups is 1. The second-order valence-corrected chi connectivity index (χ2v) is 4.74. The lowest BCUT2D eigenvalue weighted by Crippen LogP contribution is -2.14. The van der Waals surface area contributed by atoms with E-state index >= 15 is 0 Å². The number of benzene rings is 1. The molecule has 2 aromatic rings. The average Bonchev–Trinajstić information content (AvgIpc) is 2.60. The van der Waals surface area contributed by atoms with Gasteiger partial charge in [0.05, 0.1) is 25.5 Å². The molecular weight excluding hydrogens is 296 g/mol. The van der Waals surface area contributed by atoms with Gasteiger partial charge in [-0.2, -0.15) is 0 Å². The highest BCUT2D eigenvalue weighted by molar-refractivity contribution is 6.04. The fourth-order valence-electron chi connectivity index (χ4n) is 1.87. The molecule has 1 aromatic carbocycles. The summed E-state index contributed by atoms with van der Waals surface area (Å²) in [6.07, 6.45) is 3.94. The van der Waals surface area contributed by atoms with Crippen LogP contribution in [0.1, 0.15) is 23.7 Å². The summed E-state index contributed by atoms with van der Waals surface area (Å²) >= 11 is 0. The zero-order valence-corrected chi connectivity index (χ0v) is 13.4. The molecule has 0 unspecified atom stereocenters. The number of methoxy groups -OCH3 is 2. The standard InChI is InChI=1S/C16H20N4O3/c1-4-7-17-16-18-9-11(10-19-16)15(21)20-13-6-5-12(22-2)8-14(13)23-3/h5-6,8-10H,4,7H2,1-3H3,(H,20,21)(H,17,18,19). The zero-order valence-electron chi connectivity index (χ0n) is 13.4. The van der Waals surface area contributed by atoms with Gasteiger partial charge >= 0.3 is 0 Å². The summed E-state index contributed by atoms with van der Waals surface area (Å²) in [6, 6.07) is 5.16. The SMILES string of the molecule is CCCNc1ncc(C(=O)Nc2ccc(OC)cc2OC)cn1. The van der Waals surface area contributed by atoms with Crippen molar-refractivity contribution in [2.75, 3.05) is 31.4 Å². The molecule has 7 heteroatoms. The van der Waals surface area contributed by atoms with Crippen molar-refractivity contribution in [1.82, 2.24) is 9.97 Å². The Hall–Kier alpha value is -2.83. The second-order valence-electron chi connectivity index (χ2n) is 4.74. The topological polar surface area (TPSA) is 85.4 Å². The van der Waals surface area contributed by atoms with Crippen LogP contribution in [-0.4, -0.2) is 36.6 Å². The minimum absolute atomic E-state index is 0.310. The van der Waals surface area contributed by atoms with E-state index in [4.69, 9.17) is 9.47 Å². The third-order valence-corrected chi connectivity index (χ3v) is 3.10. The number of nitrogens with one attached hydrogen (secondary N) is 2. The first-order valence-electron chi connectivity index (χ1n) is 7.27. The largest absolute Gasteiger partial charge is 0.497 e. The molecule has 1 heterocycles. The number of aromatic nitrogens is 2. The van der Waals surface area contributed by atoms with Crippen molar-refractivity contribution < 1.29 is 14.3 Å². The van der Waals surface area contributed by atoms with Crippen LogP contribution in [0.2, 0.25) is 0 Å². The molecule has 0 radical (unpaired) electrons. The average molecular weight is 316 g/mol. The Labute approximate surface area is 135 Å². The lowest BCUT2D eigenvalue weighted by Gasteiger charge is -2.11. The first kappa shape index (κ1) is 16.5. The first-order chi connectivity index (χ1) is 11.2. The lowest BCUT2D eigenvalue weighted by atomic mass is 10.2. The van der Waals surface area contributed by atoms with Crippen LogP contribution in [-0.2, 0) is 0 Å². The molecule has 0 aliphatic rings. The molecule has 0 spiro atoms. The molecular formula is C16H20N4O3. The first-order valence-corrected chi connectivity index (χ1v) is 7.27. The van der Waals surface area contributed by atoms with Gasteiger partial charge in [-0.15, -0.1) is 0 Å². The van der Waals surface area contributed by atoms with Crippen LogP contribution in [0.25, 0.3) is 0 Å². The van der Waals surface area contributed by atoms with Crippen molar-refractivity contribution >= 4 is 17.5 Å². The molecule has 23 heavy (non-hydrogen) atoms. The number of rotatable bonds is 7.